The summed E-state index contributed by atoms with van der Waals surface area (Å²) in [6.07, 6.45) is 3.67. The van der Waals surface area contributed by atoms with E-state index in [0.717, 1.165) is 55.4 Å². The van der Waals surface area contributed by atoms with Gasteiger partial charge in [-0.2, -0.15) is 0 Å². The normalized spacial score (nSPS) is 15.6. The van der Waals surface area contributed by atoms with E-state index >= 15 is 0 Å². The van der Waals surface area contributed by atoms with Crippen LogP contribution in [-0.2, 0) is 18.6 Å². The zero-order chi connectivity index (χ0) is 24.1. The molecule has 1 fully saturated rings. The quantitative estimate of drug-likeness (QED) is 0.532. The van der Waals surface area contributed by atoms with E-state index < -0.39 is 0 Å². The van der Waals surface area contributed by atoms with E-state index in [1.807, 2.05) is 37.3 Å². The van der Waals surface area contributed by atoms with E-state index in [9.17, 15) is 4.79 Å². The van der Waals surface area contributed by atoms with E-state index in [1.54, 1.807) is 31.3 Å². The van der Waals surface area contributed by atoms with Crippen molar-refractivity contribution in [1.29, 1.82) is 0 Å². The van der Waals surface area contributed by atoms with Crippen LogP contribution in [0.25, 0.3) is 0 Å². The van der Waals surface area contributed by atoms with Crippen molar-refractivity contribution in [3.8, 4) is 5.75 Å². The summed E-state index contributed by atoms with van der Waals surface area (Å²) in [7, 11) is 3.50. The number of rotatable bonds is 7. The largest absolute Gasteiger partial charge is 0.487 e. The molecule has 2 aromatic heterocycles. The van der Waals surface area contributed by atoms with Crippen LogP contribution < -0.4 is 4.74 Å². The third-order valence-corrected chi connectivity index (χ3v) is 6.40. The average Bonchev–Trinajstić information content (AvgIpc) is 2.84. The Morgan fingerprint density at radius 2 is 1.88 bits per heavy atom. The summed E-state index contributed by atoms with van der Waals surface area (Å²) >= 11 is 0. The van der Waals surface area contributed by atoms with Crippen LogP contribution in [0, 0.1) is 6.92 Å². The number of carbonyl (C=O) groups excluding carboxylic acids is 1. The third-order valence-electron chi connectivity index (χ3n) is 6.40. The number of carbonyl (C=O) groups is 1. The van der Waals surface area contributed by atoms with E-state index in [0.29, 0.717) is 12.3 Å². The predicted octanol–water partition coefficient (Wildman–Crippen LogP) is 4.01. The average molecular weight is 460 g/mol. The maximum absolute atomic E-state index is 12.5. The van der Waals surface area contributed by atoms with Gasteiger partial charge in [-0.1, -0.05) is 25.1 Å². The molecule has 1 aliphatic heterocycles. The summed E-state index contributed by atoms with van der Waals surface area (Å²) in [4.78, 5) is 30.2. The standard InChI is InChI=1S/C27H33N5O2/c1-20-16-24(25(33)31(3)4)30-26(29-20)27(2)11-14-32(15-12-27)18-21-8-7-10-23(17-21)34-19-22-9-5-6-13-28-22/h5-10,13,16-17H,11-12,14-15,18-19H2,1-4H3. The van der Waals surface area contributed by atoms with Gasteiger partial charge in [-0.3, -0.25) is 14.7 Å². The molecule has 34 heavy (non-hydrogen) atoms. The maximum atomic E-state index is 12.5. The van der Waals surface area contributed by atoms with Crippen molar-refractivity contribution in [1.82, 2.24) is 24.8 Å². The second kappa shape index (κ2) is 10.3. The molecule has 3 heterocycles. The molecule has 1 amide bonds. The first-order valence-electron chi connectivity index (χ1n) is 11.7. The van der Waals surface area contributed by atoms with Crippen LogP contribution in [-0.4, -0.2) is 57.8 Å². The van der Waals surface area contributed by atoms with Crippen LogP contribution in [0.2, 0.25) is 0 Å². The minimum atomic E-state index is -0.141. The van der Waals surface area contributed by atoms with Crippen molar-refractivity contribution in [2.45, 2.75) is 45.3 Å². The number of hydrogen-bond acceptors (Lipinski definition) is 6. The number of ether oxygens (including phenoxy) is 1. The molecule has 3 aromatic rings. The number of pyridine rings is 1. The van der Waals surface area contributed by atoms with Crippen molar-refractivity contribution in [2.75, 3.05) is 27.2 Å². The number of hydrogen-bond donors (Lipinski definition) is 0. The van der Waals surface area contributed by atoms with Gasteiger partial charge in [0.15, 0.2) is 0 Å². The summed E-state index contributed by atoms with van der Waals surface area (Å²) in [6.45, 7) is 7.37. The molecule has 0 N–H and O–H groups in total. The lowest BCUT2D eigenvalue weighted by atomic mass is 9.79. The number of aromatic nitrogens is 3. The molecule has 178 valence electrons. The molecule has 1 aromatic carbocycles. The van der Waals surface area contributed by atoms with E-state index in [1.165, 1.54) is 5.56 Å². The second-order valence-corrected chi connectivity index (χ2v) is 9.51. The molecule has 7 nitrogen and oxygen atoms in total. The Labute approximate surface area is 201 Å². The molecule has 0 bridgehead atoms. The second-order valence-electron chi connectivity index (χ2n) is 9.51. The molecule has 0 aliphatic carbocycles. The Bertz CT molecular complexity index is 1120. The van der Waals surface area contributed by atoms with Crippen LogP contribution >= 0.6 is 0 Å². The first-order chi connectivity index (χ1) is 16.3. The minimum Gasteiger partial charge on any atom is -0.487 e. The molecule has 0 atom stereocenters. The molecule has 0 spiro atoms. The van der Waals surface area contributed by atoms with Crippen LogP contribution in [0.3, 0.4) is 0 Å². The monoisotopic (exact) mass is 459 g/mol. The number of amides is 1. The van der Waals surface area contributed by atoms with Gasteiger partial charge in [-0.25, -0.2) is 9.97 Å². The number of likely N-dealkylation sites (tertiary alicyclic amines) is 1. The van der Waals surface area contributed by atoms with Crippen LogP contribution in [0.4, 0.5) is 0 Å². The molecule has 0 saturated carbocycles. The fraction of sp³-hybridized carbons (Fsp3) is 0.407. The fourth-order valence-corrected chi connectivity index (χ4v) is 4.24. The zero-order valence-corrected chi connectivity index (χ0v) is 20.5. The Kier molecular flexibility index (Phi) is 7.22. The van der Waals surface area contributed by atoms with E-state index in [2.05, 4.69) is 33.9 Å². The number of piperidine rings is 1. The summed E-state index contributed by atoms with van der Waals surface area (Å²) in [5.74, 6) is 1.55. The van der Waals surface area contributed by atoms with Gasteiger partial charge >= 0.3 is 0 Å². The molecule has 0 unspecified atom stereocenters. The Hall–Kier alpha value is -3.32. The van der Waals surface area contributed by atoms with Gasteiger partial charge < -0.3 is 9.64 Å². The Morgan fingerprint density at radius 1 is 1.09 bits per heavy atom. The number of aryl methyl sites for hydroxylation is 1. The van der Waals surface area contributed by atoms with Gasteiger partial charge in [0.05, 0.1) is 5.69 Å². The smallest absolute Gasteiger partial charge is 0.272 e. The Balaban J connectivity index is 1.37. The molecule has 4 rings (SSSR count). The van der Waals surface area contributed by atoms with Crippen molar-refractivity contribution in [3.05, 3.63) is 83.2 Å². The lowest BCUT2D eigenvalue weighted by Crippen LogP contribution is -2.42. The van der Waals surface area contributed by atoms with E-state index in [-0.39, 0.29) is 11.3 Å². The highest BCUT2D eigenvalue weighted by atomic mass is 16.5. The van der Waals surface area contributed by atoms with Gasteiger partial charge in [0, 0.05) is 37.9 Å². The highest BCUT2D eigenvalue weighted by Gasteiger charge is 2.35. The Morgan fingerprint density at radius 3 is 2.59 bits per heavy atom. The van der Waals surface area contributed by atoms with Crippen molar-refractivity contribution < 1.29 is 9.53 Å². The van der Waals surface area contributed by atoms with Crippen molar-refractivity contribution in [3.63, 3.8) is 0 Å². The molecule has 7 heteroatoms. The summed E-state index contributed by atoms with van der Waals surface area (Å²) in [5, 5.41) is 0. The lowest BCUT2D eigenvalue weighted by molar-refractivity contribution is 0.0820. The maximum Gasteiger partial charge on any atom is 0.272 e. The predicted molar refractivity (Wildman–Crippen MR) is 132 cm³/mol. The summed E-state index contributed by atoms with van der Waals surface area (Å²) in [6, 6.07) is 15.9. The first kappa shape index (κ1) is 23.8. The molecular formula is C27H33N5O2. The van der Waals surface area contributed by atoms with Gasteiger partial charge in [-0.15, -0.1) is 0 Å². The van der Waals surface area contributed by atoms with Crippen LogP contribution in [0.15, 0.2) is 54.7 Å². The molecule has 1 saturated heterocycles. The summed E-state index contributed by atoms with van der Waals surface area (Å²) < 4.78 is 5.94. The highest BCUT2D eigenvalue weighted by Crippen LogP contribution is 2.34. The zero-order valence-electron chi connectivity index (χ0n) is 20.5. The van der Waals surface area contributed by atoms with Gasteiger partial charge in [-0.05, 0) is 68.8 Å². The molecule has 1 aliphatic rings. The van der Waals surface area contributed by atoms with Crippen molar-refractivity contribution in [2.24, 2.45) is 0 Å². The van der Waals surface area contributed by atoms with Crippen molar-refractivity contribution >= 4 is 5.91 Å². The topological polar surface area (TPSA) is 71.5 Å². The van der Waals surface area contributed by atoms with Gasteiger partial charge in [0.2, 0.25) is 0 Å². The molecular weight excluding hydrogens is 426 g/mol. The number of nitrogens with zero attached hydrogens (tertiary/aromatic N) is 5. The first-order valence-corrected chi connectivity index (χ1v) is 11.7. The van der Waals surface area contributed by atoms with Crippen LogP contribution in [0.1, 0.15) is 53.0 Å². The lowest BCUT2D eigenvalue weighted by Gasteiger charge is -2.38. The minimum absolute atomic E-state index is 0.0852. The van der Waals surface area contributed by atoms with Gasteiger partial charge in [0.1, 0.15) is 23.9 Å². The third kappa shape index (κ3) is 5.78. The van der Waals surface area contributed by atoms with E-state index in [4.69, 9.17) is 9.72 Å². The van der Waals surface area contributed by atoms with Gasteiger partial charge in [0.25, 0.3) is 5.91 Å². The fourth-order valence-electron chi connectivity index (χ4n) is 4.24. The SMILES string of the molecule is Cc1cc(C(=O)N(C)C)nc(C2(C)CCN(Cc3cccc(OCc4ccccn4)c3)CC2)n1. The number of benzene rings is 1. The molecule has 0 radical (unpaired) electrons. The van der Waals surface area contributed by atoms with Crippen LogP contribution in [0.5, 0.6) is 5.75 Å². The summed E-state index contributed by atoms with van der Waals surface area (Å²) in [5.41, 5.74) is 3.31. The highest BCUT2D eigenvalue weighted by molar-refractivity contribution is 5.92.